The summed E-state index contributed by atoms with van der Waals surface area (Å²) in [5.74, 6) is -1.09. The van der Waals surface area contributed by atoms with Gasteiger partial charge in [-0.2, -0.15) is 0 Å². The van der Waals surface area contributed by atoms with Crippen LogP contribution in [-0.4, -0.2) is 103 Å². The van der Waals surface area contributed by atoms with Gasteiger partial charge >= 0.3 is 0 Å². The molecule has 8 nitrogen and oxygen atoms in total. The number of fused-ring (bicyclic) bond motifs is 1. The number of hydrogen-bond donors (Lipinski definition) is 7. The average molecular weight is 279 g/mol. The predicted octanol–water partition coefficient (Wildman–Crippen LogP) is -4.54. The first-order valence-electron chi connectivity index (χ1n) is 6.31. The van der Waals surface area contributed by atoms with Gasteiger partial charge < -0.3 is 35.7 Å². The van der Waals surface area contributed by atoms with Crippen LogP contribution < -0.4 is 0 Å². The Morgan fingerprint density at radius 3 is 2.11 bits per heavy atom. The molecule has 0 aromatic rings. The molecule has 2 fully saturated rings. The van der Waals surface area contributed by atoms with E-state index in [-0.39, 0.29) is 13.1 Å². The molecule has 19 heavy (non-hydrogen) atoms. The highest BCUT2D eigenvalue weighted by Crippen LogP contribution is 2.34. The molecule has 0 aliphatic carbocycles. The fraction of sp³-hybridized carbons (Fsp3) is 1.00. The maximum Gasteiger partial charge on any atom is 0.103 e. The van der Waals surface area contributed by atoms with Gasteiger partial charge in [0, 0.05) is 19.0 Å². The zero-order valence-electron chi connectivity index (χ0n) is 10.3. The summed E-state index contributed by atoms with van der Waals surface area (Å²) in [6.45, 7) is -0.502. The van der Waals surface area contributed by atoms with Gasteiger partial charge in [0.25, 0.3) is 0 Å². The van der Waals surface area contributed by atoms with E-state index in [1.54, 1.807) is 4.90 Å². The van der Waals surface area contributed by atoms with E-state index >= 15 is 0 Å². The molecular weight excluding hydrogens is 258 g/mol. The fourth-order valence-corrected chi connectivity index (χ4v) is 3.14. The third kappa shape index (κ3) is 2.50. The summed E-state index contributed by atoms with van der Waals surface area (Å²) in [4.78, 5) is 1.55. The first-order chi connectivity index (χ1) is 8.88. The van der Waals surface area contributed by atoms with Crippen molar-refractivity contribution < 1.29 is 35.7 Å². The van der Waals surface area contributed by atoms with Gasteiger partial charge in [-0.05, 0) is 0 Å². The van der Waals surface area contributed by atoms with Crippen LogP contribution in [0.3, 0.4) is 0 Å². The topological polar surface area (TPSA) is 145 Å². The number of nitrogens with zero attached hydrogens (tertiary/aromatic N) is 1. The Bertz CT molecular complexity index is 317. The van der Waals surface area contributed by atoms with Crippen molar-refractivity contribution in [2.45, 2.75) is 42.7 Å². The molecule has 0 aromatic carbocycles. The highest BCUT2D eigenvalue weighted by molar-refractivity contribution is 5.06. The normalized spacial score (nSPS) is 46.9. The minimum atomic E-state index is -1.51. The largest absolute Gasteiger partial charge is 0.394 e. The zero-order chi connectivity index (χ0) is 14.3. The summed E-state index contributed by atoms with van der Waals surface area (Å²) in [5.41, 5.74) is 0. The molecule has 0 aromatic heterocycles. The van der Waals surface area contributed by atoms with E-state index in [1.165, 1.54) is 0 Å². The molecule has 2 aliphatic heterocycles. The molecule has 2 aliphatic rings. The second-order valence-electron chi connectivity index (χ2n) is 5.38. The van der Waals surface area contributed by atoms with Crippen LogP contribution >= 0.6 is 0 Å². The summed E-state index contributed by atoms with van der Waals surface area (Å²) < 4.78 is 0. The van der Waals surface area contributed by atoms with Crippen LogP contribution in [0.2, 0.25) is 0 Å². The molecule has 0 spiro atoms. The van der Waals surface area contributed by atoms with E-state index in [4.69, 9.17) is 5.11 Å². The van der Waals surface area contributed by atoms with Crippen LogP contribution in [0.5, 0.6) is 0 Å². The second kappa shape index (κ2) is 5.58. The van der Waals surface area contributed by atoms with Gasteiger partial charge in [-0.1, -0.05) is 0 Å². The Balaban J connectivity index is 2.17. The van der Waals surface area contributed by atoms with Crippen molar-refractivity contribution >= 4 is 0 Å². The van der Waals surface area contributed by atoms with E-state index < -0.39 is 55.2 Å². The standard InChI is InChI=1S/C11H21NO7/c13-3-6(16)9(17)7-4(14)1-12-2-5(15)10(18)8(12)11(7)19/h4-11,13-19H,1-3H2/t4-,5+,6+,7+,8?,9-,10+,11-/m1/s1. The predicted molar refractivity (Wildman–Crippen MR) is 62.0 cm³/mol. The van der Waals surface area contributed by atoms with Crippen molar-refractivity contribution in [2.75, 3.05) is 19.7 Å². The minimum Gasteiger partial charge on any atom is -0.394 e. The van der Waals surface area contributed by atoms with Gasteiger partial charge in [0.05, 0.1) is 43.2 Å². The van der Waals surface area contributed by atoms with E-state index in [0.29, 0.717) is 0 Å². The minimum absolute atomic E-state index is 0.0652. The van der Waals surface area contributed by atoms with Crippen molar-refractivity contribution in [3.05, 3.63) is 0 Å². The van der Waals surface area contributed by atoms with E-state index in [2.05, 4.69) is 0 Å². The molecule has 0 bridgehead atoms. The highest BCUT2D eigenvalue weighted by Gasteiger charge is 2.53. The maximum absolute atomic E-state index is 10.2. The van der Waals surface area contributed by atoms with Crippen molar-refractivity contribution in [3.8, 4) is 0 Å². The van der Waals surface area contributed by atoms with Crippen molar-refractivity contribution in [2.24, 2.45) is 5.92 Å². The van der Waals surface area contributed by atoms with E-state index in [9.17, 15) is 30.6 Å². The molecule has 2 heterocycles. The lowest BCUT2D eigenvalue weighted by Gasteiger charge is -2.45. The number of aliphatic hydroxyl groups is 7. The Labute approximate surface area is 110 Å². The lowest BCUT2D eigenvalue weighted by atomic mass is 9.79. The number of aliphatic hydroxyl groups excluding tert-OH is 7. The number of rotatable bonds is 3. The van der Waals surface area contributed by atoms with Gasteiger partial charge in [0.2, 0.25) is 0 Å². The third-order valence-electron chi connectivity index (χ3n) is 4.17. The van der Waals surface area contributed by atoms with Crippen LogP contribution in [-0.2, 0) is 0 Å². The molecule has 1 unspecified atom stereocenters. The molecule has 8 heteroatoms. The van der Waals surface area contributed by atoms with Crippen LogP contribution in [0.25, 0.3) is 0 Å². The first-order valence-corrected chi connectivity index (χ1v) is 6.31. The summed E-state index contributed by atoms with van der Waals surface area (Å²) in [6, 6.07) is -0.802. The van der Waals surface area contributed by atoms with Gasteiger partial charge in [0.15, 0.2) is 0 Å². The summed E-state index contributed by atoms with van der Waals surface area (Å²) in [6.07, 6.45) is -7.63. The molecule has 112 valence electrons. The molecule has 2 saturated heterocycles. The third-order valence-corrected chi connectivity index (χ3v) is 4.17. The Morgan fingerprint density at radius 1 is 0.947 bits per heavy atom. The van der Waals surface area contributed by atoms with E-state index in [0.717, 1.165) is 0 Å². The second-order valence-corrected chi connectivity index (χ2v) is 5.38. The smallest absolute Gasteiger partial charge is 0.103 e. The summed E-state index contributed by atoms with van der Waals surface area (Å²) in [5, 5.41) is 67.6. The maximum atomic E-state index is 10.2. The van der Waals surface area contributed by atoms with Crippen LogP contribution in [0.1, 0.15) is 0 Å². The monoisotopic (exact) mass is 279 g/mol. The molecule has 7 N–H and O–H groups in total. The Morgan fingerprint density at radius 2 is 1.53 bits per heavy atom. The Kier molecular flexibility index (Phi) is 4.43. The zero-order valence-corrected chi connectivity index (χ0v) is 10.3. The summed E-state index contributed by atoms with van der Waals surface area (Å²) in [7, 11) is 0. The van der Waals surface area contributed by atoms with Crippen molar-refractivity contribution in [1.29, 1.82) is 0 Å². The fourth-order valence-electron chi connectivity index (χ4n) is 3.14. The molecule has 0 saturated carbocycles. The SMILES string of the molecule is OC[C@H](O)[C@@H](O)[C@@H]1[C@H](O)CN2C[C@H](O)[C@H](O)C2[C@@H]1O. The molecule has 0 radical (unpaired) electrons. The number of piperidine rings is 1. The highest BCUT2D eigenvalue weighted by atomic mass is 16.4. The van der Waals surface area contributed by atoms with Crippen molar-refractivity contribution in [1.82, 2.24) is 4.90 Å². The quantitative estimate of drug-likeness (QED) is 0.273. The number of hydrogen-bond acceptors (Lipinski definition) is 8. The Hall–Kier alpha value is -0.320. The molecular formula is C11H21NO7. The first kappa shape index (κ1) is 15.1. The molecule has 2 rings (SSSR count). The molecule has 0 amide bonds. The van der Waals surface area contributed by atoms with Crippen LogP contribution in [0.15, 0.2) is 0 Å². The lowest BCUT2D eigenvalue weighted by molar-refractivity contribution is -0.163. The van der Waals surface area contributed by atoms with Gasteiger partial charge in [-0.15, -0.1) is 0 Å². The van der Waals surface area contributed by atoms with Gasteiger partial charge in [-0.25, -0.2) is 0 Å². The van der Waals surface area contributed by atoms with Crippen LogP contribution in [0.4, 0.5) is 0 Å². The van der Waals surface area contributed by atoms with Crippen molar-refractivity contribution in [3.63, 3.8) is 0 Å². The van der Waals surface area contributed by atoms with Crippen LogP contribution in [0, 0.1) is 5.92 Å². The lowest BCUT2D eigenvalue weighted by Crippen LogP contribution is -2.63. The van der Waals surface area contributed by atoms with E-state index in [1.807, 2.05) is 0 Å². The van der Waals surface area contributed by atoms with Gasteiger partial charge in [0.1, 0.15) is 6.10 Å². The molecule has 8 atom stereocenters. The average Bonchev–Trinajstić information content (AvgIpc) is 2.63. The van der Waals surface area contributed by atoms with Gasteiger partial charge in [-0.3, -0.25) is 4.90 Å². The summed E-state index contributed by atoms with van der Waals surface area (Å²) >= 11 is 0.